The summed E-state index contributed by atoms with van der Waals surface area (Å²) < 4.78 is 0. The van der Waals surface area contributed by atoms with Gasteiger partial charge in [0, 0.05) is 22.9 Å². The Morgan fingerprint density at radius 2 is 2.10 bits per heavy atom. The number of pyridine rings is 1. The van der Waals surface area contributed by atoms with Gasteiger partial charge in [-0.3, -0.25) is 4.79 Å². The molecule has 1 aromatic carbocycles. The van der Waals surface area contributed by atoms with E-state index in [-0.39, 0.29) is 5.91 Å². The predicted molar refractivity (Wildman–Crippen MR) is 82.5 cm³/mol. The van der Waals surface area contributed by atoms with Gasteiger partial charge in [0.2, 0.25) is 0 Å². The summed E-state index contributed by atoms with van der Waals surface area (Å²) in [5.41, 5.74) is 2.10. The quantitative estimate of drug-likeness (QED) is 0.902. The number of benzene rings is 1. The Hall–Kier alpha value is -2.07. The Labute approximate surface area is 123 Å². The molecule has 0 aliphatic rings. The molecule has 2 aromatic rings. The lowest BCUT2D eigenvalue weighted by Crippen LogP contribution is -2.15. The minimum atomic E-state index is -0.235. The number of carbonyl (C=O) groups excluding carboxylic acids is 1. The number of hydrogen-bond acceptors (Lipinski definition) is 3. The maximum Gasteiger partial charge on any atom is 0.258 e. The Morgan fingerprint density at radius 1 is 1.30 bits per heavy atom. The fraction of sp³-hybridized carbons (Fsp3) is 0.200. The molecule has 1 aromatic heterocycles. The molecular formula is C15H16ClN3O. The fourth-order valence-corrected chi connectivity index (χ4v) is 2.02. The second kappa shape index (κ2) is 6.39. The number of nitrogens with zero attached hydrogens (tertiary/aromatic N) is 1. The molecule has 0 atom stereocenters. The van der Waals surface area contributed by atoms with E-state index in [0.717, 1.165) is 17.9 Å². The number of amides is 1. The van der Waals surface area contributed by atoms with Crippen LogP contribution < -0.4 is 10.6 Å². The first kappa shape index (κ1) is 14.3. The van der Waals surface area contributed by atoms with E-state index in [9.17, 15) is 4.79 Å². The molecular weight excluding hydrogens is 274 g/mol. The summed E-state index contributed by atoms with van der Waals surface area (Å²) in [6.45, 7) is 4.57. The van der Waals surface area contributed by atoms with Gasteiger partial charge in [-0.05, 0) is 44.2 Å². The first-order chi connectivity index (χ1) is 9.60. The third kappa shape index (κ3) is 3.48. The third-order valence-corrected chi connectivity index (χ3v) is 2.96. The summed E-state index contributed by atoms with van der Waals surface area (Å²) in [7, 11) is 0. The van der Waals surface area contributed by atoms with Crippen molar-refractivity contribution in [3.63, 3.8) is 0 Å². The smallest absolute Gasteiger partial charge is 0.258 e. The highest BCUT2D eigenvalue weighted by atomic mass is 35.5. The van der Waals surface area contributed by atoms with Crippen LogP contribution in [0.2, 0.25) is 5.02 Å². The molecule has 1 heterocycles. The lowest BCUT2D eigenvalue weighted by Gasteiger charge is -2.11. The lowest BCUT2D eigenvalue weighted by molar-refractivity contribution is 0.102. The van der Waals surface area contributed by atoms with Gasteiger partial charge in [0.25, 0.3) is 5.91 Å². The zero-order chi connectivity index (χ0) is 14.5. The molecule has 2 rings (SSSR count). The zero-order valence-electron chi connectivity index (χ0n) is 11.4. The van der Waals surface area contributed by atoms with Gasteiger partial charge < -0.3 is 10.6 Å². The summed E-state index contributed by atoms with van der Waals surface area (Å²) in [5.74, 6) is 0.291. The van der Waals surface area contributed by atoms with Crippen LogP contribution in [0.25, 0.3) is 0 Å². The SMILES string of the molecule is CCNc1ccc(Cl)cc1C(=O)Nc1cccc(C)n1. The molecule has 0 saturated heterocycles. The summed E-state index contributed by atoms with van der Waals surface area (Å²) in [5, 5.41) is 6.44. The van der Waals surface area contributed by atoms with E-state index in [4.69, 9.17) is 11.6 Å². The van der Waals surface area contributed by atoms with Gasteiger partial charge in [0.15, 0.2) is 0 Å². The summed E-state index contributed by atoms with van der Waals surface area (Å²) in [6, 6.07) is 10.7. The standard InChI is InChI=1S/C15H16ClN3O/c1-3-17-13-8-7-11(16)9-12(13)15(20)19-14-6-4-5-10(2)18-14/h4-9,17H,3H2,1-2H3,(H,18,19,20). The number of carbonyl (C=O) groups is 1. The number of aromatic nitrogens is 1. The van der Waals surface area contributed by atoms with Crippen LogP contribution in [-0.4, -0.2) is 17.4 Å². The molecule has 0 radical (unpaired) electrons. The van der Waals surface area contributed by atoms with Crippen molar-refractivity contribution in [2.45, 2.75) is 13.8 Å². The number of halogens is 1. The van der Waals surface area contributed by atoms with Gasteiger partial charge in [-0.25, -0.2) is 4.98 Å². The molecule has 0 aliphatic carbocycles. The fourth-order valence-electron chi connectivity index (χ4n) is 1.85. The number of nitrogens with one attached hydrogen (secondary N) is 2. The highest BCUT2D eigenvalue weighted by Crippen LogP contribution is 2.21. The van der Waals surface area contributed by atoms with Gasteiger partial charge in [-0.1, -0.05) is 17.7 Å². The van der Waals surface area contributed by atoms with Crippen molar-refractivity contribution in [3.8, 4) is 0 Å². The molecule has 4 nitrogen and oxygen atoms in total. The zero-order valence-corrected chi connectivity index (χ0v) is 12.2. The molecule has 2 N–H and O–H groups in total. The maximum absolute atomic E-state index is 12.3. The minimum Gasteiger partial charge on any atom is -0.385 e. The van der Waals surface area contributed by atoms with E-state index in [1.807, 2.05) is 26.0 Å². The van der Waals surface area contributed by atoms with Crippen molar-refractivity contribution in [1.29, 1.82) is 0 Å². The van der Waals surface area contributed by atoms with E-state index < -0.39 is 0 Å². The minimum absolute atomic E-state index is 0.235. The summed E-state index contributed by atoms with van der Waals surface area (Å²) in [6.07, 6.45) is 0. The van der Waals surface area contributed by atoms with Crippen LogP contribution in [0.5, 0.6) is 0 Å². The van der Waals surface area contributed by atoms with Crippen LogP contribution in [0.15, 0.2) is 36.4 Å². The average Bonchev–Trinajstić information content (AvgIpc) is 2.41. The normalized spacial score (nSPS) is 10.2. The van der Waals surface area contributed by atoms with Crippen LogP contribution in [-0.2, 0) is 0 Å². The molecule has 0 saturated carbocycles. The second-order valence-electron chi connectivity index (χ2n) is 4.34. The number of anilines is 2. The van der Waals surface area contributed by atoms with Crippen molar-refractivity contribution in [2.24, 2.45) is 0 Å². The molecule has 1 amide bonds. The lowest BCUT2D eigenvalue weighted by atomic mass is 10.1. The third-order valence-electron chi connectivity index (χ3n) is 2.72. The Bertz CT molecular complexity index is 628. The molecule has 104 valence electrons. The van der Waals surface area contributed by atoms with Crippen LogP contribution in [0.4, 0.5) is 11.5 Å². The summed E-state index contributed by atoms with van der Waals surface area (Å²) in [4.78, 5) is 16.6. The molecule has 0 aliphatic heterocycles. The van der Waals surface area contributed by atoms with Crippen LogP contribution in [0.3, 0.4) is 0 Å². The molecule has 0 spiro atoms. The monoisotopic (exact) mass is 289 g/mol. The summed E-state index contributed by atoms with van der Waals surface area (Å²) >= 11 is 5.97. The largest absolute Gasteiger partial charge is 0.385 e. The van der Waals surface area contributed by atoms with E-state index in [1.54, 1.807) is 24.3 Å². The highest BCUT2D eigenvalue weighted by molar-refractivity contribution is 6.31. The van der Waals surface area contributed by atoms with E-state index in [0.29, 0.717) is 16.4 Å². The first-order valence-electron chi connectivity index (χ1n) is 6.38. The van der Waals surface area contributed by atoms with Crippen LogP contribution in [0.1, 0.15) is 23.0 Å². The van der Waals surface area contributed by atoms with Gasteiger partial charge in [-0.2, -0.15) is 0 Å². The molecule has 0 bridgehead atoms. The second-order valence-corrected chi connectivity index (χ2v) is 4.78. The van der Waals surface area contributed by atoms with Crippen molar-refractivity contribution in [2.75, 3.05) is 17.2 Å². The predicted octanol–water partition coefficient (Wildman–Crippen LogP) is 3.73. The topological polar surface area (TPSA) is 54.0 Å². The Kier molecular flexibility index (Phi) is 4.58. The van der Waals surface area contributed by atoms with Gasteiger partial charge in [0.1, 0.15) is 5.82 Å². The van der Waals surface area contributed by atoms with Crippen molar-refractivity contribution >= 4 is 29.0 Å². The van der Waals surface area contributed by atoms with Crippen molar-refractivity contribution in [1.82, 2.24) is 4.98 Å². The van der Waals surface area contributed by atoms with Gasteiger partial charge in [0.05, 0.1) is 5.56 Å². The van der Waals surface area contributed by atoms with Crippen molar-refractivity contribution in [3.05, 3.63) is 52.7 Å². The number of aryl methyl sites for hydroxylation is 1. The Balaban J connectivity index is 2.26. The van der Waals surface area contributed by atoms with Crippen LogP contribution in [0, 0.1) is 6.92 Å². The van der Waals surface area contributed by atoms with Gasteiger partial charge >= 0.3 is 0 Å². The van der Waals surface area contributed by atoms with Crippen molar-refractivity contribution < 1.29 is 4.79 Å². The van der Waals surface area contributed by atoms with Gasteiger partial charge in [-0.15, -0.1) is 0 Å². The molecule has 5 heteroatoms. The van der Waals surface area contributed by atoms with E-state index >= 15 is 0 Å². The number of hydrogen-bond donors (Lipinski definition) is 2. The maximum atomic E-state index is 12.3. The van der Waals surface area contributed by atoms with E-state index in [2.05, 4.69) is 15.6 Å². The average molecular weight is 290 g/mol. The first-order valence-corrected chi connectivity index (χ1v) is 6.76. The highest BCUT2D eigenvalue weighted by Gasteiger charge is 2.12. The number of rotatable bonds is 4. The molecule has 0 fully saturated rings. The molecule has 0 unspecified atom stereocenters. The Morgan fingerprint density at radius 3 is 2.80 bits per heavy atom. The van der Waals surface area contributed by atoms with E-state index in [1.165, 1.54) is 0 Å². The van der Waals surface area contributed by atoms with Crippen LogP contribution >= 0.6 is 11.6 Å². The molecule has 20 heavy (non-hydrogen) atoms.